The second-order valence-electron chi connectivity index (χ2n) is 5.18. The molecule has 4 heteroatoms. The van der Waals surface area contributed by atoms with Crippen LogP contribution in [0.15, 0.2) is 42.6 Å². The summed E-state index contributed by atoms with van der Waals surface area (Å²) in [4.78, 5) is 4.32. The highest BCUT2D eigenvalue weighted by Crippen LogP contribution is 2.27. The van der Waals surface area contributed by atoms with Crippen LogP contribution in [0.3, 0.4) is 0 Å². The molecule has 0 bridgehead atoms. The SMILES string of the molecule is Cc1ccc(CNC[C@](C)(O)c2ccccc2Cl)nc1. The van der Waals surface area contributed by atoms with Gasteiger partial charge in [-0.3, -0.25) is 4.98 Å². The van der Waals surface area contributed by atoms with Crippen molar-refractivity contribution in [3.8, 4) is 0 Å². The van der Waals surface area contributed by atoms with Crippen LogP contribution in [0.4, 0.5) is 0 Å². The van der Waals surface area contributed by atoms with Crippen LogP contribution in [-0.4, -0.2) is 16.6 Å². The summed E-state index contributed by atoms with van der Waals surface area (Å²) in [6, 6.07) is 11.4. The fourth-order valence-corrected chi connectivity index (χ4v) is 2.37. The highest BCUT2D eigenvalue weighted by atomic mass is 35.5. The maximum Gasteiger partial charge on any atom is 0.101 e. The highest BCUT2D eigenvalue weighted by Gasteiger charge is 2.24. The molecule has 0 saturated heterocycles. The first-order chi connectivity index (χ1) is 9.49. The molecule has 2 N–H and O–H groups in total. The van der Waals surface area contributed by atoms with E-state index in [0.717, 1.165) is 16.8 Å². The van der Waals surface area contributed by atoms with Crippen LogP contribution < -0.4 is 5.32 Å². The van der Waals surface area contributed by atoms with Crippen molar-refractivity contribution < 1.29 is 5.11 Å². The first-order valence-electron chi connectivity index (χ1n) is 6.59. The molecule has 1 atom stereocenters. The zero-order valence-corrected chi connectivity index (χ0v) is 12.5. The Morgan fingerprint density at radius 1 is 1.25 bits per heavy atom. The minimum Gasteiger partial charge on any atom is -0.384 e. The molecule has 0 aliphatic rings. The summed E-state index contributed by atoms with van der Waals surface area (Å²) >= 11 is 6.12. The van der Waals surface area contributed by atoms with E-state index in [0.29, 0.717) is 18.1 Å². The van der Waals surface area contributed by atoms with Crippen molar-refractivity contribution in [3.63, 3.8) is 0 Å². The van der Waals surface area contributed by atoms with Gasteiger partial charge in [0.1, 0.15) is 5.60 Å². The highest BCUT2D eigenvalue weighted by molar-refractivity contribution is 6.31. The van der Waals surface area contributed by atoms with Crippen LogP contribution >= 0.6 is 11.6 Å². The molecule has 0 saturated carbocycles. The molecule has 2 aromatic rings. The van der Waals surface area contributed by atoms with Gasteiger partial charge in [0.05, 0.1) is 5.69 Å². The minimum atomic E-state index is -1.01. The van der Waals surface area contributed by atoms with E-state index in [1.807, 2.05) is 43.5 Å². The quantitative estimate of drug-likeness (QED) is 0.890. The second-order valence-corrected chi connectivity index (χ2v) is 5.59. The average Bonchev–Trinajstić information content (AvgIpc) is 2.41. The van der Waals surface area contributed by atoms with Gasteiger partial charge in [0, 0.05) is 29.9 Å². The van der Waals surface area contributed by atoms with Crippen LogP contribution in [-0.2, 0) is 12.1 Å². The Bertz CT molecular complexity index is 567. The lowest BCUT2D eigenvalue weighted by Crippen LogP contribution is -2.35. The summed E-state index contributed by atoms with van der Waals surface area (Å²) in [5.41, 5.74) is 1.80. The predicted octanol–water partition coefficient (Wildman–Crippen LogP) is 3.04. The van der Waals surface area contributed by atoms with Gasteiger partial charge in [-0.05, 0) is 31.5 Å². The molecule has 1 aromatic carbocycles. The van der Waals surface area contributed by atoms with Crippen molar-refractivity contribution in [2.45, 2.75) is 26.0 Å². The normalized spacial score (nSPS) is 14.0. The number of hydrogen-bond donors (Lipinski definition) is 2. The summed E-state index contributed by atoms with van der Waals surface area (Å²) in [5, 5.41) is 14.3. The molecular formula is C16H19ClN2O. The van der Waals surface area contributed by atoms with Crippen LogP contribution in [0.5, 0.6) is 0 Å². The Balaban J connectivity index is 1.96. The molecule has 0 radical (unpaired) electrons. The molecule has 106 valence electrons. The number of aliphatic hydroxyl groups is 1. The van der Waals surface area contributed by atoms with E-state index in [4.69, 9.17) is 11.6 Å². The summed E-state index contributed by atoms with van der Waals surface area (Å²) in [6.07, 6.45) is 1.84. The molecule has 0 amide bonds. The van der Waals surface area contributed by atoms with E-state index in [1.165, 1.54) is 0 Å². The second kappa shape index (κ2) is 6.35. The van der Waals surface area contributed by atoms with Gasteiger partial charge in [0.25, 0.3) is 0 Å². The fourth-order valence-electron chi connectivity index (χ4n) is 2.03. The predicted molar refractivity (Wildman–Crippen MR) is 81.7 cm³/mol. The Morgan fingerprint density at radius 2 is 2.00 bits per heavy atom. The lowest BCUT2D eigenvalue weighted by molar-refractivity contribution is 0.0567. The number of nitrogens with one attached hydrogen (secondary N) is 1. The number of benzene rings is 1. The van der Waals surface area contributed by atoms with E-state index in [1.54, 1.807) is 13.0 Å². The third-order valence-electron chi connectivity index (χ3n) is 3.20. The Hall–Kier alpha value is -1.42. The molecule has 3 nitrogen and oxygen atoms in total. The fraction of sp³-hybridized carbons (Fsp3) is 0.312. The van der Waals surface area contributed by atoms with Crippen LogP contribution in [0.25, 0.3) is 0 Å². The molecule has 1 heterocycles. The maximum absolute atomic E-state index is 10.5. The summed E-state index contributed by atoms with van der Waals surface area (Å²) < 4.78 is 0. The van der Waals surface area contributed by atoms with Gasteiger partial charge in [0.15, 0.2) is 0 Å². The van der Waals surface area contributed by atoms with E-state index in [9.17, 15) is 5.11 Å². The molecule has 0 unspecified atom stereocenters. The van der Waals surface area contributed by atoms with E-state index < -0.39 is 5.60 Å². The van der Waals surface area contributed by atoms with Gasteiger partial charge in [-0.2, -0.15) is 0 Å². The van der Waals surface area contributed by atoms with Gasteiger partial charge >= 0.3 is 0 Å². The van der Waals surface area contributed by atoms with Crippen LogP contribution in [0.1, 0.15) is 23.7 Å². The summed E-state index contributed by atoms with van der Waals surface area (Å²) in [7, 11) is 0. The third-order valence-corrected chi connectivity index (χ3v) is 3.53. The molecule has 0 aliphatic carbocycles. The zero-order valence-electron chi connectivity index (χ0n) is 11.7. The molecule has 20 heavy (non-hydrogen) atoms. The van der Waals surface area contributed by atoms with Gasteiger partial charge in [-0.1, -0.05) is 35.9 Å². The number of aryl methyl sites for hydroxylation is 1. The Morgan fingerprint density at radius 3 is 2.65 bits per heavy atom. The molecule has 0 fully saturated rings. The maximum atomic E-state index is 10.5. The van der Waals surface area contributed by atoms with Crippen LogP contribution in [0.2, 0.25) is 5.02 Å². The number of hydrogen-bond acceptors (Lipinski definition) is 3. The summed E-state index contributed by atoms with van der Waals surface area (Å²) in [6.45, 7) is 4.78. The van der Waals surface area contributed by atoms with Crippen molar-refractivity contribution in [1.82, 2.24) is 10.3 Å². The standard InChI is InChI=1S/C16H19ClN2O/c1-12-7-8-13(19-9-12)10-18-11-16(2,20)14-5-3-4-6-15(14)17/h3-9,18,20H,10-11H2,1-2H3/t16-/m0/s1. The minimum absolute atomic E-state index is 0.409. The van der Waals surface area contributed by atoms with Crippen LogP contribution in [0, 0.1) is 6.92 Å². The van der Waals surface area contributed by atoms with Gasteiger partial charge in [-0.25, -0.2) is 0 Å². The van der Waals surface area contributed by atoms with Gasteiger partial charge < -0.3 is 10.4 Å². The average molecular weight is 291 g/mol. The molecular weight excluding hydrogens is 272 g/mol. The molecule has 2 rings (SSSR count). The molecule has 0 spiro atoms. The van der Waals surface area contributed by atoms with Crippen molar-refractivity contribution in [2.75, 3.05) is 6.54 Å². The van der Waals surface area contributed by atoms with Crippen molar-refractivity contribution >= 4 is 11.6 Å². The topological polar surface area (TPSA) is 45.1 Å². The lowest BCUT2D eigenvalue weighted by Gasteiger charge is -2.25. The molecule has 1 aromatic heterocycles. The number of halogens is 1. The number of nitrogens with zero attached hydrogens (tertiary/aromatic N) is 1. The first kappa shape index (κ1) is 15.0. The van der Waals surface area contributed by atoms with Gasteiger partial charge in [-0.15, -0.1) is 0 Å². The van der Waals surface area contributed by atoms with Crippen molar-refractivity contribution in [3.05, 3.63) is 64.4 Å². The largest absolute Gasteiger partial charge is 0.384 e. The van der Waals surface area contributed by atoms with E-state index >= 15 is 0 Å². The lowest BCUT2D eigenvalue weighted by atomic mass is 9.96. The van der Waals surface area contributed by atoms with Crippen molar-refractivity contribution in [1.29, 1.82) is 0 Å². The first-order valence-corrected chi connectivity index (χ1v) is 6.96. The third kappa shape index (κ3) is 3.79. The van der Waals surface area contributed by atoms with E-state index in [2.05, 4.69) is 10.3 Å². The number of aromatic nitrogens is 1. The monoisotopic (exact) mass is 290 g/mol. The van der Waals surface area contributed by atoms with Crippen molar-refractivity contribution in [2.24, 2.45) is 0 Å². The van der Waals surface area contributed by atoms with Gasteiger partial charge in [0.2, 0.25) is 0 Å². The van der Waals surface area contributed by atoms with E-state index in [-0.39, 0.29) is 0 Å². The number of rotatable bonds is 5. The Labute approximate surface area is 124 Å². The number of pyridine rings is 1. The Kier molecular flexibility index (Phi) is 4.76. The summed E-state index contributed by atoms with van der Waals surface area (Å²) in [5.74, 6) is 0. The molecule has 0 aliphatic heterocycles. The smallest absolute Gasteiger partial charge is 0.101 e. The zero-order chi connectivity index (χ0) is 14.6.